The lowest BCUT2D eigenvalue weighted by Crippen LogP contribution is -2.49. The van der Waals surface area contributed by atoms with Gasteiger partial charge < -0.3 is 25.4 Å². The number of carbonyl (C=O) groups excluding carboxylic acids is 3. The molecular weight excluding hydrogens is 410 g/mol. The maximum absolute atomic E-state index is 13.3. The molecule has 1 rings (SSSR count). The van der Waals surface area contributed by atoms with Gasteiger partial charge in [-0.1, -0.05) is 25.5 Å². The molecular formula is C24H37N3O5. The Kier molecular flexibility index (Phi) is 10.2. The number of alkyl carbamates (subject to hydrolysis) is 1. The Bertz CT molecular complexity index is 816. The standard InChI is InChI=1S/C24H37N3O5/c1-8-10-17(4)26-22(30)21(18-11-12-19(28)16(3)14-18)27(13-9-2)20(29)15-25-23(31)32-24(5,6)7/h9,11-12,14,17,21,28H,2,8,10,13,15H2,1,3-7H3,(H,25,31)(H,26,30). The molecule has 2 atom stereocenters. The molecule has 32 heavy (non-hydrogen) atoms. The quantitative estimate of drug-likeness (QED) is 0.475. The van der Waals surface area contributed by atoms with Gasteiger partial charge in [0.25, 0.3) is 0 Å². The highest BCUT2D eigenvalue weighted by Crippen LogP contribution is 2.26. The highest BCUT2D eigenvalue weighted by atomic mass is 16.6. The Balaban J connectivity index is 3.20. The molecule has 8 heteroatoms. The van der Waals surface area contributed by atoms with Crippen molar-refractivity contribution >= 4 is 17.9 Å². The lowest BCUT2D eigenvalue weighted by Gasteiger charge is -2.32. The van der Waals surface area contributed by atoms with Gasteiger partial charge in [-0.05, 0) is 64.3 Å². The van der Waals surface area contributed by atoms with E-state index in [0.717, 1.165) is 12.8 Å². The molecule has 3 N–H and O–H groups in total. The van der Waals surface area contributed by atoms with Gasteiger partial charge in [0, 0.05) is 12.6 Å². The molecule has 0 radical (unpaired) electrons. The Morgan fingerprint density at radius 2 is 1.94 bits per heavy atom. The predicted molar refractivity (Wildman–Crippen MR) is 124 cm³/mol. The molecule has 0 bridgehead atoms. The molecule has 0 saturated carbocycles. The third-order valence-corrected chi connectivity index (χ3v) is 4.64. The van der Waals surface area contributed by atoms with Gasteiger partial charge in [-0.15, -0.1) is 6.58 Å². The molecule has 0 aliphatic rings. The number of benzene rings is 1. The largest absolute Gasteiger partial charge is 0.508 e. The number of aryl methyl sites for hydroxylation is 1. The Labute approximate surface area is 191 Å². The second-order valence-electron chi connectivity index (χ2n) is 8.84. The minimum absolute atomic E-state index is 0.0752. The summed E-state index contributed by atoms with van der Waals surface area (Å²) in [5.41, 5.74) is 0.434. The van der Waals surface area contributed by atoms with Crippen LogP contribution in [0, 0.1) is 6.92 Å². The minimum atomic E-state index is -0.959. The molecule has 0 aliphatic carbocycles. The van der Waals surface area contributed by atoms with Gasteiger partial charge in [0.15, 0.2) is 0 Å². The van der Waals surface area contributed by atoms with Gasteiger partial charge in [0.05, 0.1) is 0 Å². The second kappa shape index (κ2) is 12.1. The Morgan fingerprint density at radius 3 is 2.47 bits per heavy atom. The third-order valence-electron chi connectivity index (χ3n) is 4.64. The van der Waals surface area contributed by atoms with E-state index in [-0.39, 0.29) is 30.8 Å². The Morgan fingerprint density at radius 1 is 1.28 bits per heavy atom. The second-order valence-corrected chi connectivity index (χ2v) is 8.84. The Hall–Kier alpha value is -3.03. The molecule has 0 aliphatic heterocycles. The van der Waals surface area contributed by atoms with E-state index in [2.05, 4.69) is 17.2 Å². The summed E-state index contributed by atoms with van der Waals surface area (Å²) in [5.74, 6) is -0.714. The number of nitrogens with one attached hydrogen (secondary N) is 2. The summed E-state index contributed by atoms with van der Waals surface area (Å²) < 4.78 is 5.18. The highest BCUT2D eigenvalue weighted by molar-refractivity contribution is 5.90. The van der Waals surface area contributed by atoms with Crippen LogP contribution in [0.4, 0.5) is 4.79 Å². The molecule has 0 spiro atoms. The van der Waals surface area contributed by atoms with Gasteiger partial charge in [-0.2, -0.15) is 0 Å². The number of aromatic hydroxyl groups is 1. The zero-order valence-corrected chi connectivity index (χ0v) is 20.0. The zero-order chi connectivity index (χ0) is 24.5. The number of amides is 3. The molecule has 0 fully saturated rings. The van der Waals surface area contributed by atoms with E-state index >= 15 is 0 Å². The maximum Gasteiger partial charge on any atom is 0.408 e. The van der Waals surface area contributed by atoms with Crippen LogP contribution in [0.2, 0.25) is 0 Å². The van der Waals surface area contributed by atoms with Crippen LogP contribution in [0.1, 0.15) is 64.6 Å². The molecule has 1 aromatic carbocycles. The molecule has 0 aromatic heterocycles. The summed E-state index contributed by atoms with van der Waals surface area (Å²) in [6, 6.07) is 3.75. The molecule has 0 saturated heterocycles. The van der Waals surface area contributed by atoms with Crippen molar-refractivity contribution in [1.29, 1.82) is 0 Å². The van der Waals surface area contributed by atoms with Crippen LogP contribution in [0.15, 0.2) is 30.9 Å². The lowest BCUT2D eigenvalue weighted by molar-refractivity contribution is -0.139. The van der Waals surface area contributed by atoms with Crippen molar-refractivity contribution in [3.8, 4) is 5.75 Å². The van der Waals surface area contributed by atoms with Crippen LogP contribution in [0.5, 0.6) is 5.75 Å². The monoisotopic (exact) mass is 447 g/mol. The van der Waals surface area contributed by atoms with Crippen LogP contribution < -0.4 is 10.6 Å². The zero-order valence-electron chi connectivity index (χ0n) is 20.0. The van der Waals surface area contributed by atoms with Gasteiger partial charge in [0.2, 0.25) is 11.8 Å². The number of rotatable bonds is 10. The summed E-state index contributed by atoms with van der Waals surface area (Å²) in [7, 11) is 0. The fraction of sp³-hybridized carbons (Fsp3) is 0.542. The number of carbonyl (C=O) groups is 3. The molecule has 2 unspecified atom stereocenters. The summed E-state index contributed by atoms with van der Waals surface area (Å²) >= 11 is 0. The van der Waals surface area contributed by atoms with Crippen molar-refractivity contribution in [1.82, 2.24) is 15.5 Å². The summed E-state index contributed by atoms with van der Waals surface area (Å²) in [4.78, 5) is 39.7. The summed E-state index contributed by atoms with van der Waals surface area (Å²) in [5, 5.41) is 15.3. The fourth-order valence-corrected chi connectivity index (χ4v) is 3.20. The predicted octanol–water partition coefficient (Wildman–Crippen LogP) is 3.59. The van der Waals surface area contributed by atoms with Gasteiger partial charge in [-0.25, -0.2) is 4.79 Å². The van der Waals surface area contributed by atoms with E-state index in [0.29, 0.717) is 11.1 Å². The molecule has 178 valence electrons. The smallest absolute Gasteiger partial charge is 0.408 e. The van der Waals surface area contributed by atoms with Crippen molar-refractivity contribution in [2.45, 2.75) is 72.1 Å². The van der Waals surface area contributed by atoms with E-state index in [4.69, 9.17) is 4.74 Å². The van der Waals surface area contributed by atoms with E-state index in [1.165, 1.54) is 17.0 Å². The molecule has 1 aromatic rings. The molecule has 0 heterocycles. The number of ether oxygens (including phenoxy) is 1. The van der Waals surface area contributed by atoms with Crippen LogP contribution in [-0.2, 0) is 14.3 Å². The van der Waals surface area contributed by atoms with E-state index < -0.39 is 23.6 Å². The van der Waals surface area contributed by atoms with Crippen molar-refractivity contribution in [3.63, 3.8) is 0 Å². The van der Waals surface area contributed by atoms with Crippen molar-refractivity contribution in [3.05, 3.63) is 42.0 Å². The van der Waals surface area contributed by atoms with E-state index in [1.54, 1.807) is 39.8 Å². The van der Waals surface area contributed by atoms with Gasteiger partial charge in [-0.3, -0.25) is 9.59 Å². The number of phenols is 1. The molecule has 8 nitrogen and oxygen atoms in total. The van der Waals surface area contributed by atoms with E-state index in [9.17, 15) is 19.5 Å². The first kappa shape index (κ1) is 27.0. The number of phenolic OH excluding ortho intramolecular Hbond substituents is 1. The summed E-state index contributed by atoms with van der Waals surface area (Å²) in [6.45, 7) is 14.3. The first-order valence-electron chi connectivity index (χ1n) is 10.9. The van der Waals surface area contributed by atoms with Crippen LogP contribution in [0.25, 0.3) is 0 Å². The van der Waals surface area contributed by atoms with Crippen molar-refractivity contribution in [2.75, 3.05) is 13.1 Å². The normalized spacial score (nSPS) is 12.9. The number of hydrogen-bond donors (Lipinski definition) is 3. The van der Waals surface area contributed by atoms with Gasteiger partial charge in [0.1, 0.15) is 23.9 Å². The average Bonchev–Trinajstić information content (AvgIpc) is 2.67. The van der Waals surface area contributed by atoms with Gasteiger partial charge >= 0.3 is 6.09 Å². The molecule has 3 amide bonds. The van der Waals surface area contributed by atoms with Crippen LogP contribution in [-0.4, -0.2) is 52.6 Å². The fourth-order valence-electron chi connectivity index (χ4n) is 3.20. The maximum atomic E-state index is 13.3. The lowest BCUT2D eigenvalue weighted by atomic mass is 10.0. The first-order valence-corrected chi connectivity index (χ1v) is 10.9. The van der Waals surface area contributed by atoms with Crippen LogP contribution >= 0.6 is 0 Å². The average molecular weight is 448 g/mol. The van der Waals surface area contributed by atoms with Crippen molar-refractivity contribution in [2.24, 2.45) is 0 Å². The highest BCUT2D eigenvalue weighted by Gasteiger charge is 2.32. The van der Waals surface area contributed by atoms with Crippen molar-refractivity contribution < 1.29 is 24.2 Å². The minimum Gasteiger partial charge on any atom is -0.508 e. The SMILES string of the molecule is C=CCN(C(=O)CNC(=O)OC(C)(C)C)C(C(=O)NC(C)CCC)c1ccc(O)c(C)c1. The summed E-state index contributed by atoms with van der Waals surface area (Å²) in [6.07, 6.45) is 2.50. The van der Waals surface area contributed by atoms with Crippen LogP contribution in [0.3, 0.4) is 0 Å². The topological polar surface area (TPSA) is 108 Å². The van der Waals surface area contributed by atoms with E-state index in [1.807, 2.05) is 13.8 Å². The number of nitrogens with zero attached hydrogens (tertiary/aromatic N) is 1. The third kappa shape index (κ3) is 8.61. The first-order chi connectivity index (χ1) is 14.9. The number of hydrogen-bond acceptors (Lipinski definition) is 5.